The van der Waals surface area contributed by atoms with Crippen LogP contribution in [0.3, 0.4) is 0 Å². The molecule has 0 aliphatic heterocycles. The molecule has 0 aliphatic carbocycles. The van der Waals surface area contributed by atoms with Crippen LogP contribution in [-0.4, -0.2) is 31.1 Å². The molecule has 0 bridgehead atoms. The Labute approximate surface area is 129 Å². The first-order valence-corrected chi connectivity index (χ1v) is 7.92. The van der Waals surface area contributed by atoms with Gasteiger partial charge in [0.1, 0.15) is 5.75 Å². The maximum atomic E-state index is 5.89. The summed E-state index contributed by atoms with van der Waals surface area (Å²) in [5.74, 6) is 6.81. The third kappa shape index (κ3) is 3.96. The van der Waals surface area contributed by atoms with Crippen LogP contribution in [0.15, 0.2) is 24.3 Å². The minimum Gasteiger partial charge on any atom is -0.494 e. The highest BCUT2D eigenvalue weighted by molar-refractivity contribution is 5.31. The van der Waals surface area contributed by atoms with E-state index in [9.17, 15) is 0 Å². The number of hydrogen-bond donors (Lipinski definition) is 2. The average Bonchev–Trinajstić information content (AvgIpc) is 2.51. The lowest BCUT2D eigenvalue weighted by Gasteiger charge is -2.45. The number of nitrogens with two attached hydrogens (primary N) is 1. The van der Waals surface area contributed by atoms with Gasteiger partial charge in [-0.2, -0.15) is 0 Å². The van der Waals surface area contributed by atoms with Crippen LogP contribution in [0, 0.1) is 0 Å². The van der Waals surface area contributed by atoms with Crippen LogP contribution in [-0.2, 0) is 0 Å². The maximum absolute atomic E-state index is 5.89. The van der Waals surface area contributed by atoms with Crippen molar-refractivity contribution >= 4 is 0 Å². The largest absolute Gasteiger partial charge is 0.494 e. The van der Waals surface area contributed by atoms with Gasteiger partial charge in [0, 0.05) is 5.54 Å². The second-order valence-corrected chi connectivity index (χ2v) is 5.72. The Kier molecular flexibility index (Phi) is 7.15. The summed E-state index contributed by atoms with van der Waals surface area (Å²) in [4.78, 5) is 2.28. The van der Waals surface area contributed by atoms with Crippen LogP contribution in [0.1, 0.15) is 51.6 Å². The standard InChI is InChI=1S/C17H31N3O/c1-6-13-21-15-11-9-14(10-12-15)16(19-18)17(7-2,8-3)20(4)5/h9-12,16,19H,6-8,13,18H2,1-5H3. The Hall–Kier alpha value is -1.10. The minimum atomic E-state index is 0.000538. The van der Waals surface area contributed by atoms with E-state index in [4.69, 9.17) is 10.6 Å². The Morgan fingerprint density at radius 2 is 1.71 bits per heavy atom. The van der Waals surface area contributed by atoms with Crippen molar-refractivity contribution in [2.75, 3.05) is 20.7 Å². The summed E-state index contributed by atoms with van der Waals surface area (Å²) in [6.45, 7) is 7.29. The van der Waals surface area contributed by atoms with Crippen molar-refractivity contribution < 1.29 is 4.74 Å². The molecule has 0 radical (unpaired) electrons. The summed E-state index contributed by atoms with van der Waals surface area (Å²) in [5, 5.41) is 0. The Bertz CT molecular complexity index is 399. The van der Waals surface area contributed by atoms with Crippen LogP contribution >= 0.6 is 0 Å². The average molecular weight is 293 g/mol. The van der Waals surface area contributed by atoms with Gasteiger partial charge in [0.05, 0.1) is 12.6 Å². The highest BCUT2D eigenvalue weighted by atomic mass is 16.5. The molecule has 1 atom stereocenters. The number of likely N-dealkylation sites (N-methyl/N-ethyl adjacent to an activating group) is 1. The Morgan fingerprint density at radius 3 is 2.10 bits per heavy atom. The quantitative estimate of drug-likeness (QED) is 0.542. The van der Waals surface area contributed by atoms with Crippen molar-refractivity contribution in [3.05, 3.63) is 29.8 Å². The molecule has 0 amide bonds. The fraction of sp³-hybridized carbons (Fsp3) is 0.647. The summed E-state index contributed by atoms with van der Waals surface area (Å²) >= 11 is 0. The van der Waals surface area contributed by atoms with Gasteiger partial charge in [0.2, 0.25) is 0 Å². The number of hydrazine groups is 1. The summed E-state index contributed by atoms with van der Waals surface area (Å²) in [7, 11) is 4.24. The summed E-state index contributed by atoms with van der Waals surface area (Å²) < 4.78 is 5.65. The number of benzene rings is 1. The van der Waals surface area contributed by atoms with Crippen molar-refractivity contribution in [3.8, 4) is 5.75 Å². The van der Waals surface area contributed by atoms with Crippen molar-refractivity contribution in [3.63, 3.8) is 0 Å². The first kappa shape index (κ1) is 18.0. The van der Waals surface area contributed by atoms with E-state index < -0.39 is 0 Å². The van der Waals surface area contributed by atoms with Gasteiger partial charge in [-0.15, -0.1) is 0 Å². The topological polar surface area (TPSA) is 50.5 Å². The normalized spacial score (nSPS) is 13.5. The van der Waals surface area contributed by atoms with Gasteiger partial charge in [-0.05, 0) is 51.1 Å². The molecule has 0 heterocycles. The molecule has 1 unspecified atom stereocenters. The lowest BCUT2D eigenvalue weighted by molar-refractivity contribution is 0.0881. The first-order valence-electron chi connectivity index (χ1n) is 7.92. The zero-order valence-electron chi connectivity index (χ0n) is 14.1. The molecule has 1 rings (SSSR count). The Morgan fingerprint density at radius 1 is 1.14 bits per heavy atom. The molecular formula is C17H31N3O. The van der Waals surface area contributed by atoms with Crippen LogP contribution in [0.25, 0.3) is 0 Å². The van der Waals surface area contributed by atoms with E-state index in [1.54, 1.807) is 0 Å². The van der Waals surface area contributed by atoms with E-state index in [0.29, 0.717) is 0 Å². The molecular weight excluding hydrogens is 262 g/mol. The smallest absolute Gasteiger partial charge is 0.119 e. The highest BCUT2D eigenvalue weighted by Gasteiger charge is 2.38. The van der Waals surface area contributed by atoms with Crippen LogP contribution in [0.5, 0.6) is 5.75 Å². The number of hydrogen-bond acceptors (Lipinski definition) is 4. The van der Waals surface area contributed by atoms with Crippen molar-refractivity contribution in [2.45, 2.75) is 51.6 Å². The molecule has 4 heteroatoms. The molecule has 3 N–H and O–H groups in total. The van der Waals surface area contributed by atoms with E-state index in [-0.39, 0.29) is 11.6 Å². The fourth-order valence-electron chi connectivity index (χ4n) is 3.09. The van der Waals surface area contributed by atoms with Gasteiger partial charge in [-0.1, -0.05) is 32.9 Å². The van der Waals surface area contributed by atoms with E-state index in [0.717, 1.165) is 31.6 Å². The van der Waals surface area contributed by atoms with Crippen LogP contribution in [0.4, 0.5) is 0 Å². The number of nitrogens with zero attached hydrogens (tertiary/aromatic N) is 1. The zero-order chi connectivity index (χ0) is 15.9. The Balaban J connectivity index is 3.03. The highest BCUT2D eigenvalue weighted by Crippen LogP contribution is 2.35. The van der Waals surface area contributed by atoms with E-state index in [1.165, 1.54) is 5.56 Å². The van der Waals surface area contributed by atoms with Crippen molar-refractivity contribution in [2.24, 2.45) is 5.84 Å². The first-order chi connectivity index (χ1) is 10.1. The predicted octanol–water partition coefficient (Wildman–Crippen LogP) is 3.10. The second-order valence-electron chi connectivity index (χ2n) is 5.72. The monoisotopic (exact) mass is 293 g/mol. The fourth-order valence-corrected chi connectivity index (χ4v) is 3.09. The van der Waals surface area contributed by atoms with E-state index in [1.807, 2.05) is 12.1 Å². The van der Waals surface area contributed by atoms with Gasteiger partial charge < -0.3 is 9.64 Å². The molecule has 0 fully saturated rings. The maximum Gasteiger partial charge on any atom is 0.119 e. The van der Waals surface area contributed by atoms with E-state index >= 15 is 0 Å². The minimum absolute atomic E-state index is 0.000538. The number of rotatable bonds is 9. The second kappa shape index (κ2) is 8.37. The molecule has 0 aromatic heterocycles. The summed E-state index contributed by atoms with van der Waals surface area (Å²) in [6.07, 6.45) is 3.07. The lowest BCUT2D eigenvalue weighted by atomic mass is 9.80. The summed E-state index contributed by atoms with van der Waals surface area (Å²) in [5.41, 5.74) is 4.22. The van der Waals surface area contributed by atoms with Gasteiger partial charge in [-0.25, -0.2) is 0 Å². The molecule has 0 spiro atoms. The van der Waals surface area contributed by atoms with Crippen molar-refractivity contribution in [1.29, 1.82) is 0 Å². The predicted molar refractivity (Wildman–Crippen MR) is 89.3 cm³/mol. The van der Waals surface area contributed by atoms with Gasteiger partial charge in [0.15, 0.2) is 0 Å². The van der Waals surface area contributed by atoms with Crippen molar-refractivity contribution in [1.82, 2.24) is 10.3 Å². The molecule has 0 saturated heterocycles. The molecule has 0 aliphatic rings. The lowest BCUT2D eigenvalue weighted by Crippen LogP contribution is -2.54. The number of ether oxygens (including phenoxy) is 1. The van der Waals surface area contributed by atoms with Gasteiger partial charge in [-0.3, -0.25) is 11.3 Å². The third-order valence-corrected chi connectivity index (χ3v) is 4.51. The molecule has 0 saturated carbocycles. The van der Waals surface area contributed by atoms with Gasteiger partial charge in [0.25, 0.3) is 0 Å². The molecule has 1 aromatic carbocycles. The SMILES string of the molecule is CCCOc1ccc(C(NN)C(CC)(CC)N(C)C)cc1. The molecule has 120 valence electrons. The number of nitrogens with one attached hydrogen (secondary N) is 1. The van der Waals surface area contributed by atoms with Crippen LogP contribution in [0.2, 0.25) is 0 Å². The third-order valence-electron chi connectivity index (χ3n) is 4.51. The summed E-state index contributed by atoms with van der Waals surface area (Å²) in [6, 6.07) is 8.36. The molecule has 21 heavy (non-hydrogen) atoms. The van der Waals surface area contributed by atoms with Gasteiger partial charge >= 0.3 is 0 Å². The molecule has 4 nitrogen and oxygen atoms in total. The zero-order valence-corrected chi connectivity index (χ0v) is 14.1. The van der Waals surface area contributed by atoms with Crippen LogP contribution < -0.4 is 16.0 Å². The van der Waals surface area contributed by atoms with E-state index in [2.05, 4.69) is 57.3 Å². The molecule has 1 aromatic rings.